The number of alkyl halides is 3. The van der Waals surface area contributed by atoms with Crippen molar-refractivity contribution in [1.29, 1.82) is 0 Å². The highest BCUT2D eigenvalue weighted by atomic mass is 32.1. The molecule has 4 rings (SSSR count). The average Bonchev–Trinajstić information content (AvgIpc) is 3.27. The van der Waals surface area contributed by atoms with Crippen molar-refractivity contribution in [3.8, 4) is 11.3 Å². The predicted molar refractivity (Wildman–Crippen MR) is 102 cm³/mol. The number of halogens is 3. The van der Waals surface area contributed by atoms with E-state index in [-0.39, 0.29) is 11.6 Å². The van der Waals surface area contributed by atoms with Crippen LogP contribution in [0.2, 0.25) is 0 Å². The standard InChI is InChI=1S/C18H10F3N5O3S/c19-18(20,21)13-4-2-1-3-12(13)15(27)22-16-23-17-25(24-16)14(9-30-17)10-5-7-11(8-6-10)26(28)29/h1-9H,(H,22,24,27). The van der Waals surface area contributed by atoms with E-state index >= 15 is 0 Å². The number of nitro groups is 1. The zero-order chi connectivity index (χ0) is 21.5. The van der Waals surface area contributed by atoms with Crippen molar-refractivity contribution in [2.24, 2.45) is 0 Å². The lowest BCUT2D eigenvalue weighted by molar-refractivity contribution is -0.384. The van der Waals surface area contributed by atoms with Crippen molar-refractivity contribution >= 4 is 33.8 Å². The number of fused-ring (bicyclic) bond motifs is 1. The molecule has 0 bridgehead atoms. The number of amides is 1. The molecule has 0 fully saturated rings. The minimum Gasteiger partial charge on any atom is -0.289 e. The van der Waals surface area contributed by atoms with Gasteiger partial charge in [-0.1, -0.05) is 12.1 Å². The summed E-state index contributed by atoms with van der Waals surface area (Å²) in [5.74, 6) is -1.15. The van der Waals surface area contributed by atoms with Gasteiger partial charge >= 0.3 is 6.18 Å². The molecule has 0 saturated carbocycles. The number of rotatable bonds is 4. The molecule has 2 heterocycles. The lowest BCUT2D eigenvalue weighted by atomic mass is 10.1. The molecule has 0 spiro atoms. The van der Waals surface area contributed by atoms with Gasteiger partial charge in [0.25, 0.3) is 17.5 Å². The van der Waals surface area contributed by atoms with Crippen LogP contribution in [-0.2, 0) is 6.18 Å². The van der Waals surface area contributed by atoms with Crippen molar-refractivity contribution in [2.75, 3.05) is 5.32 Å². The molecule has 152 valence electrons. The Balaban J connectivity index is 1.63. The Morgan fingerprint density at radius 2 is 1.83 bits per heavy atom. The molecule has 0 radical (unpaired) electrons. The third-order valence-corrected chi connectivity index (χ3v) is 4.97. The number of non-ortho nitro benzene ring substituents is 1. The third-order valence-electron chi connectivity index (χ3n) is 4.16. The maximum atomic E-state index is 13.1. The van der Waals surface area contributed by atoms with Crippen molar-refractivity contribution in [1.82, 2.24) is 14.6 Å². The van der Waals surface area contributed by atoms with E-state index in [0.29, 0.717) is 16.2 Å². The van der Waals surface area contributed by atoms with Crippen LogP contribution in [0, 0.1) is 10.1 Å². The van der Waals surface area contributed by atoms with Crippen LogP contribution in [-0.4, -0.2) is 25.4 Å². The minimum absolute atomic E-state index is 0.0694. The molecule has 0 aliphatic heterocycles. The van der Waals surface area contributed by atoms with Crippen LogP contribution < -0.4 is 5.32 Å². The fourth-order valence-electron chi connectivity index (χ4n) is 2.78. The van der Waals surface area contributed by atoms with Crippen molar-refractivity contribution in [3.63, 3.8) is 0 Å². The molecule has 1 N–H and O–H groups in total. The molecule has 12 heteroatoms. The number of nitrogens with one attached hydrogen (secondary N) is 1. The molecule has 0 unspecified atom stereocenters. The van der Waals surface area contributed by atoms with Gasteiger partial charge in [0.15, 0.2) is 0 Å². The maximum Gasteiger partial charge on any atom is 0.417 e. The van der Waals surface area contributed by atoms with Crippen LogP contribution in [0.1, 0.15) is 15.9 Å². The number of carbonyl (C=O) groups excluding carboxylic acids is 1. The molecule has 8 nitrogen and oxygen atoms in total. The number of nitrogens with zero attached hydrogens (tertiary/aromatic N) is 4. The van der Waals surface area contributed by atoms with Crippen molar-refractivity contribution < 1.29 is 22.9 Å². The predicted octanol–water partition coefficient (Wildman–Crippen LogP) is 4.64. The van der Waals surface area contributed by atoms with Gasteiger partial charge in [-0.15, -0.1) is 16.4 Å². The van der Waals surface area contributed by atoms with E-state index in [0.717, 1.165) is 12.1 Å². The number of hydrogen-bond acceptors (Lipinski definition) is 6. The zero-order valence-electron chi connectivity index (χ0n) is 14.8. The number of anilines is 1. The van der Waals surface area contributed by atoms with Crippen LogP contribution >= 0.6 is 11.3 Å². The van der Waals surface area contributed by atoms with Gasteiger partial charge in [0.05, 0.1) is 21.7 Å². The Labute approximate surface area is 169 Å². The lowest BCUT2D eigenvalue weighted by Crippen LogP contribution is -2.19. The number of thiazole rings is 1. The zero-order valence-corrected chi connectivity index (χ0v) is 15.6. The van der Waals surface area contributed by atoms with E-state index < -0.39 is 28.1 Å². The first-order valence-electron chi connectivity index (χ1n) is 8.31. The molecule has 1 amide bonds. The summed E-state index contributed by atoms with van der Waals surface area (Å²) < 4.78 is 40.8. The SMILES string of the molecule is O=C(Nc1nc2scc(-c3ccc([N+](=O)[O-])cc3)n2n1)c1ccccc1C(F)(F)F. The second-order valence-corrected chi connectivity index (χ2v) is 6.89. The average molecular weight is 433 g/mol. The Morgan fingerprint density at radius 1 is 1.13 bits per heavy atom. The number of hydrogen-bond donors (Lipinski definition) is 1. The van der Waals surface area contributed by atoms with Crippen molar-refractivity contribution in [3.05, 3.63) is 75.2 Å². The second kappa shape index (κ2) is 7.22. The quantitative estimate of drug-likeness (QED) is 0.373. The molecular formula is C18H10F3N5O3S. The second-order valence-electron chi connectivity index (χ2n) is 6.05. The maximum absolute atomic E-state index is 13.1. The van der Waals surface area contributed by atoms with Gasteiger partial charge in [0, 0.05) is 23.1 Å². The Kier molecular flexibility index (Phi) is 4.70. The molecular weight excluding hydrogens is 423 g/mol. The summed E-state index contributed by atoms with van der Waals surface area (Å²) in [5.41, 5.74) is -0.487. The van der Waals surface area contributed by atoms with Gasteiger partial charge in [0.1, 0.15) is 0 Å². The highest BCUT2D eigenvalue weighted by molar-refractivity contribution is 7.15. The number of aromatic nitrogens is 3. The van der Waals surface area contributed by atoms with E-state index in [1.807, 2.05) is 0 Å². The van der Waals surface area contributed by atoms with Crippen LogP contribution in [0.15, 0.2) is 53.9 Å². The first kappa shape index (κ1) is 19.5. The van der Waals surface area contributed by atoms with E-state index in [4.69, 9.17) is 0 Å². The topological polar surface area (TPSA) is 102 Å². The van der Waals surface area contributed by atoms with Gasteiger partial charge in [-0.3, -0.25) is 20.2 Å². The van der Waals surface area contributed by atoms with Crippen LogP contribution in [0.3, 0.4) is 0 Å². The minimum atomic E-state index is -4.68. The third kappa shape index (κ3) is 3.59. The van der Waals surface area contributed by atoms with Crippen LogP contribution in [0.25, 0.3) is 16.2 Å². The fourth-order valence-corrected chi connectivity index (χ4v) is 3.61. The summed E-state index contributed by atoms with van der Waals surface area (Å²) in [7, 11) is 0. The molecule has 4 aromatic rings. The summed E-state index contributed by atoms with van der Waals surface area (Å²) in [6.45, 7) is 0. The van der Waals surface area contributed by atoms with Crippen molar-refractivity contribution in [2.45, 2.75) is 6.18 Å². The molecule has 2 aromatic carbocycles. The molecule has 2 aromatic heterocycles. The summed E-state index contributed by atoms with van der Waals surface area (Å²) in [6.07, 6.45) is -4.68. The summed E-state index contributed by atoms with van der Waals surface area (Å²) in [5, 5.41) is 18.9. The normalized spacial score (nSPS) is 11.6. The summed E-state index contributed by atoms with van der Waals surface area (Å²) >= 11 is 1.19. The molecule has 0 saturated heterocycles. The molecule has 30 heavy (non-hydrogen) atoms. The smallest absolute Gasteiger partial charge is 0.289 e. The van der Waals surface area contributed by atoms with E-state index in [1.54, 1.807) is 17.5 Å². The highest BCUT2D eigenvalue weighted by Gasteiger charge is 2.35. The van der Waals surface area contributed by atoms with Gasteiger partial charge in [0.2, 0.25) is 4.96 Å². The van der Waals surface area contributed by atoms with E-state index in [1.165, 1.54) is 40.1 Å². The van der Waals surface area contributed by atoms with Crippen LogP contribution in [0.5, 0.6) is 0 Å². The molecule has 0 atom stereocenters. The monoisotopic (exact) mass is 433 g/mol. The summed E-state index contributed by atoms with van der Waals surface area (Å²) in [6, 6.07) is 10.2. The summed E-state index contributed by atoms with van der Waals surface area (Å²) in [4.78, 5) is 27.1. The van der Waals surface area contributed by atoms with Crippen LogP contribution in [0.4, 0.5) is 24.8 Å². The first-order chi connectivity index (χ1) is 14.2. The number of benzene rings is 2. The number of carbonyl (C=O) groups is 1. The first-order valence-corrected chi connectivity index (χ1v) is 9.18. The van der Waals surface area contributed by atoms with Gasteiger partial charge < -0.3 is 0 Å². The highest BCUT2D eigenvalue weighted by Crippen LogP contribution is 2.32. The van der Waals surface area contributed by atoms with Gasteiger partial charge in [-0.05, 0) is 24.3 Å². The lowest BCUT2D eigenvalue weighted by Gasteiger charge is -2.11. The Bertz CT molecular complexity index is 1260. The van der Waals surface area contributed by atoms with E-state index in [2.05, 4.69) is 15.4 Å². The molecule has 0 aliphatic carbocycles. The fraction of sp³-hybridized carbons (Fsp3) is 0.0556. The largest absolute Gasteiger partial charge is 0.417 e. The van der Waals surface area contributed by atoms with Gasteiger partial charge in [-0.25, -0.2) is 4.52 Å². The number of nitro benzene ring substituents is 1. The van der Waals surface area contributed by atoms with Gasteiger partial charge in [-0.2, -0.15) is 18.2 Å². The Morgan fingerprint density at radius 3 is 2.50 bits per heavy atom. The Hall–Kier alpha value is -3.80. The van der Waals surface area contributed by atoms with E-state index in [9.17, 15) is 28.1 Å². The molecule has 0 aliphatic rings.